The fraction of sp³-hybridized carbons (Fsp3) is 0.368. The molecule has 29 heavy (non-hydrogen) atoms. The van der Waals surface area contributed by atoms with Crippen LogP contribution in [0.3, 0.4) is 0 Å². The molecule has 0 saturated heterocycles. The molecule has 1 aromatic heterocycles. The number of rotatable bonds is 9. The zero-order chi connectivity index (χ0) is 20.8. The number of carbonyl (C=O) groups excluding carboxylic acids is 1. The maximum atomic E-state index is 12.6. The summed E-state index contributed by atoms with van der Waals surface area (Å²) >= 11 is 1.48. The minimum Gasteiger partial charge on any atom is -0.481 e. The smallest absolute Gasteiger partial charge is 0.481 e. The molecule has 0 radical (unpaired) electrons. The van der Waals surface area contributed by atoms with Gasteiger partial charge in [-0.3, -0.25) is 9.59 Å². The fourth-order valence-electron chi connectivity index (χ4n) is 3.26. The quantitative estimate of drug-likeness (QED) is 0.355. The first-order valence-electron chi connectivity index (χ1n) is 9.27. The number of carbonyl (C=O) groups is 2. The van der Waals surface area contributed by atoms with Crippen molar-refractivity contribution >= 4 is 30.3 Å². The van der Waals surface area contributed by atoms with Crippen LogP contribution >= 0.6 is 11.3 Å². The van der Waals surface area contributed by atoms with Crippen LogP contribution in [-0.4, -0.2) is 42.3 Å². The number of ether oxygens (including phenoxy) is 1. The van der Waals surface area contributed by atoms with Gasteiger partial charge in [-0.2, -0.15) is 0 Å². The topological polar surface area (TPSA) is 131 Å². The van der Waals surface area contributed by atoms with Crippen molar-refractivity contribution in [3.8, 4) is 0 Å². The highest BCUT2D eigenvalue weighted by atomic mass is 32.1. The monoisotopic (exact) mass is 418 g/mol. The van der Waals surface area contributed by atoms with E-state index in [4.69, 9.17) is 20.2 Å². The van der Waals surface area contributed by atoms with Gasteiger partial charge in [-0.25, -0.2) is 0 Å². The summed E-state index contributed by atoms with van der Waals surface area (Å²) in [6.07, 6.45) is -0.870. The van der Waals surface area contributed by atoms with E-state index in [0.29, 0.717) is 30.9 Å². The Morgan fingerprint density at radius 1 is 1.21 bits per heavy atom. The molecular formula is C19H23BN2O6S. The minimum atomic E-state index is -1.33. The summed E-state index contributed by atoms with van der Waals surface area (Å²) in [5.74, 6) is -2.06. The lowest BCUT2D eigenvalue weighted by atomic mass is 9.69. The molecular weight excluding hydrogens is 395 g/mol. The molecule has 0 unspecified atom stereocenters. The van der Waals surface area contributed by atoms with Gasteiger partial charge in [0.05, 0.1) is 38.1 Å². The third kappa shape index (κ3) is 5.65. The van der Waals surface area contributed by atoms with Gasteiger partial charge in [0.15, 0.2) is 0 Å². The van der Waals surface area contributed by atoms with E-state index in [9.17, 15) is 14.6 Å². The molecule has 2 heterocycles. The molecule has 10 heteroatoms. The summed E-state index contributed by atoms with van der Waals surface area (Å²) in [7, 11) is -1.33. The van der Waals surface area contributed by atoms with Crippen LogP contribution in [0.2, 0.25) is 0 Å². The van der Waals surface area contributed by atoms with E-state index in [1.165, 1.54) is 11.3 Å². The molecule has 0 spiro atoms. The van der Waals surface area contributed by atoms with E-state index in [-0.39, 0.29) is 18.7 Å². The van der Waals surface area contributed by atoms with Gasteiger partial charge < -0.3 is 30.6 Å². The largest absolute Gasteiger partial charge is 0.483 e. The van der Waals surface area contributed by atoms with Crippen LogP contribution in [-0.2, 0) is 32.0 Å². The second-order valence-corrected chi connectivity index (χ2v) is 7.93. The molecule has 1 aromatic carbocycles. The Hall–Kier alpha value is -2.24. The fourth-order valence-corrected chi connectivity index (χ4v) is 4.21. The van der Waals surface area contributed by atoms with E-state index >= 15 is 0 Å². The number of benzene rings is 1. The van der Waals surface area contributed by atoms with Crippen molar-refractivity contribution < 1.29 is 29.1 Å². The predicted octanol–water partition coefficient (Wildman–Crippen LogP) is 1.19. The first-order valence-corrected chi connectivity index (χ1v) is 10.1. The van der Waals surface area contributed by atoms with Gasteiger partial charge in [0.25, 0.3) is 0 Å². The Balaban J connectivity index is 1.66. The van der Waals surface area contributed by atoms with Crippen molar-refractivity contribution in [2.24, 2.45) is 5.73 Å². The van der Waals surface area contributed by atoms with Crippen molar-refractivity contribution in [1.29, 1.82) is 0 Å². The summed E-state index contributed by atoms with van der Waals surface area (Å²) < 4.78 is 10.9. The lowest BCUT2D eigenvalue weighted by Crippen LogP contribution is -2.45. The Labute approximate surface area is 172 Å². The van der Waals surface area contributed by atoms with Crippen LogP contribution in [0.4, 0.5) is 0 Å². The highest BCUT2D eigenvalue weighted by Gasteiger charge is 2.40. The molecule has 2 atom stereocenters. The minimum absolute atomic E-state index is 0.158. The Morgan fingerprint density at radius 3 is 2.66 bits per heavy atom. The van der Waals surface area contributed by atoms with Crippen molar-refractivity contribution in [2.45, 2.75) is 31.5 Å². The molecule has 1 aliphatic heterocycles. The molecule has 0 saturated carbocycles. The Morgan fingerprint density at radius 2 is 1.93 bits per heavy atom. The summed E-state index contributed by atoms with van der Waals surface area (Å²) in [6.45, 7) is 1.40. The molecule has 0 fully saturated rings. The number of nitrogens with one attached hydrogen (secondary N) is 1. The van der Waals surface area contributed by atoms with Gasteiger partial charge >= 0.3 is 13.1 Å². The van der Waals surface area contributed by atoms with Gasteiger partial charge in [0.2, 0.25) is 5.91 Å². The van der Waals surface area contributed by atoms with Crippen LogP contribution in [0.25, 0.3) is 0 Å². The number of aliphatic carboxylic acids is 1. The van der Waals surface area contributed by atoms with Crippen molar-refractivity contribution in [2.75, 3.05) is 13.2 Å². The van der Waals surface area contributed by atoms with Gasteiger partial charge in [0, 0.05) is 16.3 Å². The van der Waals surface area contributed by atoms with Crippen molar-refractivity contribution in [3.05, 3.63) is 57.3 Å². The molecule has 2 aromatic rings. The highest BCUT2D eigenvalue weighted by Crippen LogP contribution is 2.36. The normalized spacial score (nSPS) is 18.3. The number of carboxylic acids is 1. The average Bonchev–Trinajstić information content (AvgIpc) is 3.12. The number of amides is 1. The van der Waals surface area contributed by atoms with E-state index in [0.717, 1.165) is 9.75 Å². The molecule has 8 nitrogen and oxygen atoms in total. The van der Waals surface area contributed by atoms with Crippen LogP contribution in [0.1, 0.15) is 39.3 Å². The molecule has 1 aliphatic rings. The van der Waals surface area contributed by atoms with Gasteiger partial charge in [0.1, 0.15) is 0 Å². The SMILES string of the molecule is NCCOCc1ccc(CC(=O)N[C@@H]2B(O)O[C@H](CC(=O)O)c3ccccc32)s1. The standard InChI is InChI=1S/C19H23BN2O6S/c21-7-8-27-11-13-6-5-12(29-13)9-17(23)22-19-15-4-2-1-3-14(15)16(10-18(24)25)28-20(19)26/h1-6,16,19,26H,7-11,21H2,(H,22,23)(H,24,25)/t16-,19+/m1/s1. The van der Waals surface area contributed by atoms with Crippen molar-refractivity contribution in [1.82, 2.24) is 5.32 Å². The number of fused-ring (bicyclic) bond motifs is 1. The Kier molecular flexibility index (Phi) is 7.40. The molecule has 154 valence electrons. The number of hydrogen-bond donors (Lipinski definition) is 4. The third-order valence-electron chi connectivity index (χ3n) is 4.50. The summed E-state index contributed by atoms with van der Waals surface area (Å²) in [6, 6.07) is 10.8. The van der Waals surface area contributed by atoms with E-state index in [1.54, 1.807) is 24.3 Å². The Bertz CT molecular complexity index is 861. The second kappa shape index (κ2) is 9.99. The zero-order valence-electron chi connectivity index (χ0n) is 15.7. The third-order valence-corrected chi connectivity index (χ3v) is 5.56. The molecule has 5 N–H and O–H groups in total. The first kappa shape index (κ1) is 21.5. The lowest BCUT2D eigenvalue weighted by molar-refractivity contribution is -0.139. The highest BCUT2D eigenvalue weighted by molar-refractivity contribution is 7.12. The van der Waals surface area contributed by atoms with Crippen molar-refractivity contribution in [3.63, 3.8) is 0 Å². The van der Waals surface area contributed by atoms with E-state index in [2.05, 4.69) is 5.32 Å². The first-order chi connectivity index (χ1) is 14.0. The summed E-state index contributed by atoms with van der Waals surface area (Å²) in [5.41, 5.74) is 6.71. The van der Waals surface area contributed by atoms with Gasteiger partial charge in [-0.05, 0) is 23.3 Å². The summed E-state index contributed by atoms with van der Waals surface area (Å²) in [5, 5.41) is 22.3. The molecule has 0 bridgehead atoms. The predicted molar refractivity (Wildman–Crippen MR) is 108 cm³/mol. The van der Waals surface area contributed by atoms with E-state index < -0.39 is 25.1 Å². The van der Waals surface area contributed by atoms with Crippen LogP contribution in [0.5, 0.6) is 0 Å². The number of thiophene rings is 1. The number of nitrogens with two attached hydrogens (primary N) is 1. The molecule has 1 amide bonds. The lowest BCUT2D eigenvalue weighted by Gasteiger charge is -2.33. The average molecular weight is 418 g/mol. The van der Waals surface area contributed by atoms with Gasteiger partial charge in [-0.1, -0.05) is 24.3 Å². The molecule has 3 rings (SSSR count). The molecule has 0 aliphatic carbocycles. The number of carboxylic acid groups (broad SMARTS) is 1. The summed E-state index contributed by atoms with van der Waals surface area (Å²) in [4.78, 5) is 25.5. The van der Waals surface area contributed by atoms with Crippen LogP contribution < -0.4 is 11.1 Å². The van der Waals surface area contributed by atoms with Gasteiger partial charge in [-0.15, -0.1) is 11.3 Å². The maximum absolute atomic E-state index is 12.6. The second-order valence-electron chi connectivity index (χ2n) is 6.67. The van der Waals surface area contributed by atoms with E-state index in [1.807, 2.05) is 12.1 Å². The van der Waals surface area contributed by atoms with Crippen LogP contribution in [0.15, 0.2) is 36.4 Å². The number of hydrogen-bond acceptors (Lipinski definition) is 7. The van der Waals surface area contributed by atoms with Crippen LogP contribution in [0, 0.1) is 0 Å². The zero-order valence-corrected chi connectivity index (χ0v) is 16.6. The maximum Gasteiger partial charge on any atom is 0.483 e.